The Morgan fingerprint density at radius 1 is 1.53 bits per heavy atom. The van der Waals surface area contributed by atoms with Crippen LogP contribution in [0.2, 0.25) is 0 Å². The molecule has 0 bridgehead atoms. The van der Waals surface area contributed by atoms with Crippen LogP contribution in [0.4, 0.5) is 5.69 Å². The molecule has 0 saturated carbocycles. The standard InChI is InChI=1S/C13H18N4O2/c1-4-17-7-10(14)6-12(17)13(18)16(3)8-11-5-9(2)19-15-11/h5-7H,4,8,14H2,1-3H3. The molecule has 0 aliphatic carbocycles. The summed E-state index contributed by atoms with van der Waals surface area (Å²) in [5.74, 6) is 0.649. The van der Waals surface area contributed by atoms with E-state index >= 15 is 0 Å². The minimum absolute atomic E-state index is 0.0841. The van der Waals surface area contributed by atoms with E-state index in [-0.39, 0.29) is 5.91 Å². The summed E-state index contributed by atoms with van der Waals surface area (Å²) in [7, 11) is 1.73. The van der Waals surface area contributed by atoms with Crippen molar-refractivity contribution < 1.29 is 9.32 Å². The molecule has 2 aromatic rings. The van der Waals surface area contributed by atoms with Crippen molar-refractivity contribution in [1.82, 2.24) is 14.6 Å². The van der Waals surface area contributed by atoms with Crippen LogP contribution in [0.15, 0.2) is 22.9 Å². The first-order valence-corrected chi connectivity index (χ1v) is 6.14. The summed E-state index contributed by atoms with van der Waals surface area (Å²) in [6.45, 7) is 4.90. The Bertz CT molecular complexity index is 585. The van der Waals surface area contributed by atoms with Crippen LogP contribution in [0, 0.1) is 6.92 Å². The highest BCUT2D eigenvalue weighted by atomic mass is 16.5. The number of nitrogens with two attached hydrogens (primary N) is 1. The predicted molar refractivity (Wildman–Crippen MR) is 71.6 cm³/mol. The first kappa shape index (κ1) is 13.2. The number of amides is 1. The fourth-order valence-electron chi connectivity index (χ4n) is 1.98. The van der Waals surface area contributed by atoms with Crippen molar-refractivity contribution in [3.05, 3.63) is 35.5 Å². The first-order chi connectivity index (χ1) is 9.01. The van der Waals surface area contributed by atoms with Gasteiger partial charge in [0.2, 0.25) is 0 Å². The lowest BCUT2D eigenvalue weighted by Gasteiger charge is -2.16. The number of aryl methyl sites for hydroxylation is 2. The zero-order valence-corrected chi connectivity index (χ0v) is 11.4. The number of nitrogen functional groups attached to an aromatic ring is 1. The maximum atomic E-state index is 12.3. The fraction of sp³-hybridized carbons (Fsp3) is 0.385. The number of carbonyl (C=O) groups is 1. The first-order valence-electron chi connectivity index (χ1n) is 6.14. The van der Waals surface area contributed by atoms with Crippen LogP contribution in [0.5, 0.6) is 0 Å². The van der Waals surface area contributed by atoms with E-state index < -0.39 is 0 Å². The van der Waals surface area contributed by atoms with E-state index in [0.29, 0.717) is 24.5 Å². The van der Waals surface area contributed by atoms with Gasteiger partial charge in [0.05, 0.1) is 12.2 Å². The van der Waals surface area contributed by atoms with E-state index in [1.807, 2.05) is 24.5 Å². The second kappa shape index (κ2) is 5.17. The molecule has 0 radical (unpaired) electrons. The molecule has 6 nitrogen and oxygen atoms in total. The van der Waals surface area contributed by atoms with Gasteiger partial charge < -0.3 is 19.7 Å². The molecule has 0 aliphatic rings. The highest BCUT2D eigenvalue weighted by Crippen LogP contribution is 2.14. The molecule has 0 aromatic carbocycles. The number of hydrogen-bond donors (Lipinski definition) is 1. The van der Waals surface area contributed by atoms with Gasteiger partial charge in [-0.1, -0.05) is 5.16 Å². The van der Waals surface area contributed by atoms with Gasteiger partial charge in [0.15, 0.2) is 0 Å². The minimum atomic E-state index is -0.0841. The third-order valence-electron chi connectivity index (χ3n) is 2.90. The SMILES string of the molecule is CCn1cc(N)cc1C(=O)N(C)Cc1cc(C)on1. The molecule has 2 N–H and O–H groups in total. The van der Waals surface area contributed by atoms with Gasteiger partial charge in [-0.25, -0.2) is 0 Å². The maximum absolute atomic E-state index is 12.3. The Kier molecular flexibility index (Phi) is 3.59. The molecule has 2 rings (SSSR count). The molecule has 0 saturated heterocycles. The highest BCUT2D eigenvalue weighted by molar-refractivity contribution is 5.93. The zero-order valence-electron chi connectivity index (χ0n) is 11.4. The summed E-state index contributed by atoms with van der Waals surface area (Å²) in [5.41, 5.74) is 7.64. The molecular weight excluding hydrogens is 244 g/mol. The summed E-state index contributed by atoms with van der Waals surface area (Å²) in [6.07, 6.45) is 1.77. The Morgan fingerprint density at radius 2 is 2.26 bits per heavy atom. The van der Waals surface area contributed by atoms with Crippen LogP contribution >= 0.6 is 0 Å². The fourth-order valence-corrected chi connectivity index (χ4v) is 1.98. The molecule has 102 valence electrons. The Labute approximate surface area is 111 Å². The Balaban J connectivity index is 2.14. The van der Waals surface area contributed by atoms with E-state index in [4.69, 9.17) is 10.3 Å². The normalized spacial score (nSPS) is 10.7. The van der Waals surface area contributed by atoms with Gasteiger partial charge in [0.25, 0.3) is 5.91 Å². The van der Waals surface area contributed by atoms with Crippen LogP contribution < -0.4 is 5.73 Å². The quantitative estimate of drug-likeness (QED) is 0.909. The van der Waals surface area contributed by atoms with Gasteiger partial charge in [-0.3, -0.25) is 4.79 Å². The lowest BCUT2D eigenvalue weighted by Crippen LogP contribution is -2.28. The summed E-state index contributed by atoms with van der Waals surface area (Å²) >= 11 is 0. The van der Waals surface area contributed by atoms with Gasteiger partial charge in [0.1, 0.15) is 17.1 Å². The van der Waals surface area contributed by atoms with Crippen molar-refractivity contribution in [3.8, 4) is 0 Å². The second-order valence-corrected chi connectivity index (χ2v) is 4.53. The molecule has 6 heteroatoms. The average molecular weight is 262 g/mol. The monoisotopic (exact) mass is 262 g/mol. The molecule has 2 heterocycles. The summed E-state index contributed by atoms with van der Waals surface area (Å²) in [4.78, 5) is 13.9. The molecule has 0 unspecified atom stereocenters. The molecule has 0 aliphatic heterocycles. The number of nitrogens with zero attached hydrogens (tertiary/aromatic N) is 3. The van der Waals surface area contributed by atoms with Crippen LogP contribution in [0.25, 0.3) is 0 Å². The van der Waals surface area contributed by atoms with Crippen molar-refractivity contribution in [2.45, 2.75) is 26.9 Å². The lowest BCUT2D eigenvalue weighted by molar-refractivity contribution is 0.0771. The number of anilines is 1. The van der Waals surface area contributed by atoms with E-state index in [0.717, 1.165) is 11.5 Å². The molecule has 0 atom stereocenters. The van der Waals surface area contributed by atoms with Crippen molar-refractivity contribution in [3.63, 3.8) is 0 Å². The van der Waals surface area contributed by atoms with Gasteiger partial charge in [-0.05, 0) is 19.9 Å². The van der Waals surface area contributed by atoms with Gasteiger partial charge >= 0.3 is 0 Å². The Morgan fingerprint density at radius 3 is 2.84 bits per heavy atom. The third kappa shape index (κ3) is 2.78. The minimum Gasteiger partial charge on any atom is -0.397 e. The third-order valence-corrected chi connectivity index (χ3v) is 2.90. The average Bonchev–Trinajstić information content (AvgIpc) is 2.94. The number of carbonyl (C=O) groups excluding carboxylic acids is 1. The van der Waals surface area contributed by atoms with Crippen molar-refractivity contribution in [1.29, 1.82) is 0 Å². The number of hydrogen-bond acceptors (Lipinski definition) is 4. The van der Waals surface area contributed by atoms with E-state index in [9.17, 15) is 4.79 Å². The Hall–Kier alpha value is -2.24. The molecule has 1 amide bonds. The maximum Gasteiger partial charge on any atom is 0.270 e. The number of aromatic nitrogens is 2. The molecular formula is C13H18N4O2. The van der Waals surface area contributed by atoms with Gasteiger partial charge in [-0.2, -0.15) is 0 Å². The molecule has 19 heavy (non-hydrogen) atoms. The summed E-state index contributed by atoms with van der Waals surface area (Å²) in [6, 6.07) is 3.51. The molecule has 0 spiro atoms. The van der Waals surface area contributed by atoms with Gasteiger partial charge in [-0.15, -0.1) is 0 Å². The zero-order chi connectivity index (χ0) is 14.0. The summed E-state index contributed by atoms with van der Waals surface area (Å²) in [5, 5.41) is 3.88. The highest BCUT2D eigenvalue weighted by Gasteiger charge is 2.17. The largest absolute Gasteiger partial charge is 0.397 e. The lowest BCUT2D eigenvalue weighted by atomic mass is 10.3. The number of rotatable bonds is 4. The van der Waals surface area contributed by atoms with Crippen LogP contribution in [-0.2, 0) is 13.1 Å². The summed E-state index contributed by atoms with van der Waals surface area (Å²) < 4.78 is 6.82. The topological polar surface area (TPSA) is 77.3 Å². The predicted octanol–water partition coefficient (Wildman–Crippen LogP) is 1.66. The van der Waals surface area contributed by atoms with Crippen molar-refractivity contribution in [2.24, 2.45) is 0 Å². The second-order valence-electron chi connectivity index (χ2n) is 4.53. The smallest absolute Gasteiger partial charge is 0.270 e. The van der Waals surface area contributed by atoms with E-state index in [2.05, 4.69) is 5.16 Å². The van der Waals surface area contributed by atoms with Crippen molar-refractivity contribution in [2.75, 3.05) is 12.8 Å². The molecule has 0 fully saturated rings. The van der Waals surface area contributed by atoms with E-state index in [1.165, 1.54) is 0 Å². The van der Waals surface area contributed by atoms with E-state index in [1.54, 1.807) is 24.2 Å². The van der Waals surface area contributed by atoms with Crippen molar-refractivity contribution >= 4 is 11.6 Å². The van der Waals surface area contributed by atoms with Crippen LogP contribution in [-0.4, -0.2) is 27.6 Å². The van der Waals surface area contributed by atoms with Crippen LogP contribution in [0.3, 0.4) is 0 Å². The van der Waals surface area contributed by atoms with Crippen LogP contribution in [0.1, 0.15) is 28.9 Å². The van der Waals surface area contributed by atoms with Gasteiger partial charge in [0, 0.05) is 25.9 Å². The molecule has 2 aromatic heterocycles.